The van der Waals surface area contributed by atoms with Crippen LogP contribution in [-0.4, -0.2) is 37.5 Å². The number of piperidine rings is 1. The summed E-state index contributed by atoms with van der Waals surface area (Å²) in [5.74, 6) is 0.213. The van der Waals surface area contributed by atoms with Crippen LogP contribution in [-0.2, 0) is 6.18 Å². The van der Waals surface area contributed by atoms with E-state index in [2.05, 4.69) is 5.32 Å². The Morgan fingerprint density at radius 2 is 2.00 bits per heavy atom. The highest BCUT2D eigenvalue weighted by atomic mass is 19.4. The number of halogens is 3. The third-order valence-corrected chi connectivity index (χ3v) is 3.83. The topological polar surface area (TPSA) is 32.3 Å². The third kappa shape index (κ3) is 3.97. The van der Waals surface area contributed by atoms with Crippen molar-refractivity contribution in [3.05, 3.63) is 35.4 Å². The van der Waals surface area contributed by atoms with E-state index in [1.54, 1.807) is 4.90 Å². The zero-order valence-corrected chi connectivity index (χ0v) is 11.9. The third-order valence-electron chi connectivity index (χ3n) is 3.83. The van der Waals surface area contributed by atoms with Crippen molar-refractivity contribution in [2.75, 3.05) is 26.7 Å². The maximum Gasteiger partial charge on any atom is 0.416 e. The minimum absolute atomic E-state index is 0.108. The summed E-state index contributed by atoms with van der Waals surface area (Å²) in [5, 5.41) is 3.11. The van der Waals surface area contributed by atoms with Crippen molar-refractivity contribution in [1.29, 1.82) is 0 Å². The first-order chi connectivity index (χ1) is 9.91. The van der Waals surface area contributed by atoms with Crippen LogP contribution >= 0.6 is 0 Å². The van der Waals surface area contributed by atoms with Crippen LogP contribution in [0.15, 0.2) is 24.3 Å². The fourth-order valence-electron chi connectivity index (χ4n) is 2.64. The van der Waals surface area contributed by atoms with Gasteiger partial charge in [0.25, 0.3) is 5.91 Å². The average molecular weight is 300 g/mol. The van der Waals surface area contributed by atoms with E-state index >= 15 is 0 Å². The average Bonchev–Trinajstić information content (AvgIpc) is 2.47. The largest absolute Gasteiger partial charge is 0.416 e. The summed E-state index contributed by atoms with van der Waals surface area (Å²) in [7, 11) is 1.89. The Hall–Kier alpha value is -1.56. The van der Waals surface area contributed by atoms with Crippen molar-refractivity contribution in [3.63, 3.8) is 0 Å². The number of benzene rings is 1. The Labute approximate surface area is 122 Å². The van der Waals surface area contributed by atoms with Crippen molar-refractivity contribution in [2.45, 2.75) is 19.0 Å². The lowest BCUT2D eigenvalue weighted by molar-refractivity contribution is -0.137. The quantitative estimate of drug-likeness (QED) is 0.931. The van der Waals surface area contributed by atoms with Gasteiger partial charge in [0, 0.05) is 18.7 Å². The van der Waals surface area contributed by atoms with Crippen LogP contribution in [0.1, 0.15) is 28.8 Å². The van der Waals surface area contributed by atoms with Gasteiger partial charge in [0.2, 0.25) is 0 Å². The summed E-state index contributed by atoms with van der Waals surface area (Å²) < 4.78 is 38.0. The van der Waals surface area contributed by atoms with E-state index in [1.807, 2.05) is 7.05 Å². The lowest BCUT2D eigenvalue weighted by atomic mass is 9.96. The van der Waals surface area contributed by atoms with E-state index in [-0.39, 0.29) is 11.5 Å². The minimum atomic E-state index is -4.42. The number of rotatable bonds is 3. The summed E-state index contributed by atoms with van der Waals surface area (Å²) in [6.45, 7) is 2.11. The molecule has 1 saturated heterocycles. The normalized spacial score (nSPS) is 17.0. The predicted octanol–water partition coefficient (Wildman–Crippen LogP) is 2.78. The summed E-state index contributed by atoms with van der Waals surface area (Å²) >= 11 is 0. The van der Waals surface area contributed by atoms with Crippen molar-refractivity contribution in [3.8, 4) is 0 Å². The minimum Gasteiger partial charge on any atom is -0.339 e. The zero-order valence-electron chi connectivity index (χ0n) is 11.9. The molecule has 1 amide bonds. The second kappa shape index (κ2) is 6.47. The Morgan fingerprint density at radius 3 is 2.57 bits per heavy atom. The van der Waals surface area contributed by atoms with Crippen LogP contribution in [0.5, 0.6) is 0 Å². The maximum atomic E-state index is 12.7. The first kappa shape index (κ1) is 15.8. The van der Waals surface area contributed by atoms with Crippen molar-refractivity contribution in [2.24, 2.45) is 5.92 Å². The first-order valence-corrected chi connectivity index (χ1v) is 7.03. The Kier molecular flexibility index (Phi) is 4.88. The number of alkyl halides is 3. The van der Waals surface area contributed by atoms with Gasteiger partial charge in [-0.2, -0.15) is 13.2 Å². The molecule has 1 aromatic rings. The summed E-state index contributed by atoms with van der Waals surface area (Å²) in [5.41, 5.74) is -0.671. The lowest BCUT2D eigenvalue weighted by Gasteiger charge is -2.32. The van der Waals surface area contributed by atoms with Crippen LogP contribution in [0.25, 0.3) is 0 Å². The molecule has 21 heavy (non-hydrogen) atoms. The number of hydrogen-bond acceptors (Lipinski definition) is 2. The highest BCUT2D eigenvalue weighted by molar-refractivity contribution is 5.94. The molecule has 0 radical (unpaired) electrons. The molecule has 1 fully saturated rings. The lowest BCUT2D eigenvalue weighted by Crippen LogP contribution is -2.40. The Morgan fingerprint density at radius 1 is 1.33 bits per heavy atom. The number of hydrogen-bond donors (Lipinski definition) is 1. The molecule has 0 bridgehead atoms. The number of carbonyl (C=O) groups is 1. The van der Waals surface area contributed by atoms with E-state index in [4.69, 9.17) is 0 Å². The SMILES string of the molecule is CNCC1CCN(C(=O)c2cccc(C(F)(F)F)c2)CC1. The van der Waals surface area contributed by atoms with Gasteiger partial charge in [0.15, 0.2) is 0 Å². The highest BCUT2D eigenvalue weighted by Gasteiger charge is 2.31. The second-order valence-electron chi connectivity index (χ2n) is 5.37. The van der Waals surface area contributed by atoms with Gasteiger partial charge in [0.1, 0.15) is 0 Å². The fourth-order valence-corrected chi connectivity index (χ4v) is 2.64. The molecule has 0 unspecified atom stereocenters. The van der Waals surface area contributed by atoms with Crippen molar-refractivity contribution < 1.29 is 18.0 Å². The molecule has 1 aliphatic rings. The molecule has 2 rings (SSSR count). The molecule has 0 atom stereocenters. The van der Waals surface area contributed by atoms with Gasteiger partial charge >= 0.3 is 6.18 Å². The molecule has 116 valence electrons. The van der Waals surface area contributed by atoms with Crippen molar-refractivity contribution >= 4 is 5.91 Å². The van der Waals surface area contributed by atoms with E-state index < -0.39 is 11.7 Å². The van der Waals surface area contributed by atoms with E-state index in [0.717, 1.165) is 31.5 Å². The van der Waals surface area contributed by atoms with Gasteiger partial charge in [0.05, 0.1) is 5.56 Å². The standard InChI is InChI=1S/C15H19F3N2O/c1-19-10-11-5-7-20(8-6-11)14(21)12-3-2-4-13(9-12)15(16,17)18/h2-4,9,11,19H,5-8,10H2,1H3. The summed E-state index contributed by atoms with van der Waals surface area (Å²) in [4.78, 5) is 13.9. The summed E-state index contributed by atoms with van der Waals surface area (Å²) in [6.07, 6.45) is -2.66. The van der Waals surface area contributed by atoms with Crippen LogP contribution < -0.4 is 5.32 Å². The fraction of sp³-hybridized carbons (Fsp3) is 0.533. The van der Waals surface area contributed by atoms with Gasteiger partial charge in [-0.1, -0.05) is 6.07 Å². The highest BCUT2D eigenvalue weighted by Crippen LogP contribution is 2.30. The number of amides is 1. The monoisotopic (exact) mass is 300 g/mol. The molecule has 1 N–H and O–H groups in total. The molecule has 0 saturated carbocycles. The van der Waals surface area contributed by atoms with Crippen LogP contribution in [0.2, 0.25) is 0 Å². The Balaban J connectivity index is 2.04. The van der Waals surface area contributed by atoms with Gasteiger partial charge < -0.3 is 10.2 Å². The van der Waals surface area contributed by atoms with Gasteiger partial charge in [-0.05, 0) is 50.6 Å². The van der Waals surface area contributed by atoms with E-state index in [1.165, 1.54) is 12.1 Å². The van der Waals surface area contributed by atoms with Gasteiger partial charge in [-0.3, -0.25) is 4.79 Å². The second-order valence-corrected chi connectivity index (χ2v) is 5.37. The number of nitrogens with one attached hydrogen (secondary N) is 1. The molecule has 3 nitrogen and oxygen atoms in total. The zero-order chi connectivity index (χ0) is 15.5. The van der Waals surface area contributed by atoms with Crippen LogP contribution in [0.3, 0.4) is 0 Å². The molecular formula is C15H19F3N2O. The molecule has 1 aromatic carbocycles. The van der Waals surface area contributed by atoms with Crippen LogP contribution in [0.4, 0.5) is 13.2 Å². The van der Waals surface area contributed by atoms with Crippen LogP contribution in [0, 0.1) is 5.92 Å². The van der Waals surface area contributed by atoms with Gasteiger partial charge in [-0.25, -0.2) is 0 Å². The molecule has 6 heteroatoms. The molecule has 0 aromatic heterocycles. The van der Waals surface area contributed by atoms with E-state index in [9.17, 15) is 18.0 Å². The molecular weight excluding hydrogens is 281 g/mol. The molecule has 0 aliphatic carbocycles. The number of carbonyl (C=O) groups excluding carboxylic acids is 1. The van der Waals surface area contributed by atoms with Gasteiger partial charge in [-0.15, -0.1) is 0 Å². The number of nitrogens with zero attached hydrogens (tertiary/aromatic N) is 1. The molecule has 1 aliphatic heterocycles. The van der Waals surface area contributed by atoms with Crippen molar-refractivity contribution in [1.82, 2.24) is 10.2 Å². The maximum absolute atomic E-state index is 12.7. The Bertz CT molecular complexity index is 494. The summed E-state index contributed by atoms with van der Waals surface area (Å²) in [6, 6.07) is 4.64. The first-order valence-electron chi connectivity index (χ1n) is 7.03. The molecule has 0 spiro atoms. The molecule has 1 heterocycles. The van der Waals surface area contributed by atoms with E-state index in [0.29, 0.717) is 19.0 Å². The smallest absolute Gasteiger partial charge is 0.339 e. The number of likely N-dealkylation sites (tertiary alicyclic amines) is 1. The predicted molar refractivity (Wildman–Crippen MR) is 74.0 cm³/mol.